The van der Waals surface area contributed by atoms with Gasteiger partial charge in [0.2, 0.25) is 0 Å². The average molecular weight is 442 g/mol. The van der Waals surface area contributed by atoms with Crippen LogP contribution in [0.25, 0.3) is 5.69 Å². The van der Waals surface area contributed by atoms with Crippen molar-refractivity contribution < 1.29 is 9.53 Å². The van der Waals surface area contributed by atoms with Crippen molar-refractivity contribution in [1.82, 2.24) is 14.7 Å². The van der Waals surface area contributed by atoms with Crippen LogP contribution in [-0.2, 0) is 11.3 Å². The van der Waals surface area contributed by atoms with Crippen molar-refractivity contribution in [3.63, 3.8) is 0 Å². The molecule has 0 aliphatic rings. The molecule has 0 saturated heterocycles. The first kappa shape index (κ1) is 20.1. The van der Waals surface area contributed by atoms with Gasteiger partial charge in [-0.15, -0.1) is 0 Å². The molecule has 2 aromatic carbocycles. The monoisotopic (exact) mass is 441 g/mol. The number of ether oxygens (including phenoxy) is 1. The van der Waals surface area contributed by atoms with Gasteiger partial charge in [-0.05, 0) is 57.2 Å². The molecule has 146 valence electrons. The summed E-state index contributed by atoms with van der Waals surface area (Å²) in [4.78, 5) is 14.5. The SMILES string of the molecule is Cc1nn(-c2ccccc2)c(C)c1CN(C)C(=O)C(C)Oc1ccc(Br)cc1. The molecule has 1 unspecified atom stereocenters. The zero-order valence-corrected chi connectivity index (χ0v) is 18.1. The average Bonchev–Trinajstić information content (AvgIpc) is 2.98. The van der Waals surface area contributed by atoms with E-state index in [0.29, 0.717) is 12.3 Å². The predicted molar refractivity (Wildman–Crippen MR) is 114 cm³/mol. The number of rotatable bonds is 6. The molecule has 0 fully saturated rings. The Hall–Kier alpha value is -2.60. The lowest BCUT2D eigenvalue weighted by Crippen LogP contribution is -2.37. The highest BCUT2D eigenvalue weighted by atomic mass is 79.9. The normalized spacial score (nSPS) is 11.9. The van der Waals surface area contributed by atoms with Crippen LogP contribution in [0.2, 0.25) is 0 Å². The molecule has 0 radical (unpaired) electrons. The molecule has 1 heterocycles. The third-order valence-electron chi connectivity index (χ3n) is 4.69. The van der Waals surface area contributed by atoms with Crippen molar-refractivity contribution in [2.45, 2.75) is 33.4 Å². The molecule has 1 atom stereocenters. The highest BCUT2D eigenvalue weighted by Crippen LogP contribution is 2.21. The summed E-state index contributed by atoms with van der Waals surface area (Å²) < 4.78 is 8.68. The number of aromatic nitrogens is 2. The topological polar surface area (TPSA) is 47.4 Å². The zero-order valence-electron chi connectivity index (χ0n) is 16.5. The Bertz CT molecular complexity index is 952. The van der Waals surface area contributed by atoms with Crippen molar-refractivity contribution in [3.05, 3.63) is 76.0 Å². The maximum Gasteiger partial charge on any atom is 0.263 e. The molecule has 0 spiro atoms. The summed E-state index contributed by atoms with van der Waals surface area (Å²) in [5.74, 6) is 0.593. The highest BCUT2D eigenvalue weighted by Gasteiger charge is 2.22. The summed E-state index contributed by atoms with van der Waals surface area (Å²) in [5, 5.41) is 4.66. The van der Waals surface area contributed by atoms with E-state index in [1.54, 1.807) is 18.9 Å². The quantitative estimate of drug-likeness (QED) is 0.557. The summed E-state index contributed by atoms with van der Waals surface area (Å²) in [7, 11) is 1.79. The maximum atomic E-state index is 12.8. The van der Waals surface area contributed by atoms with Crippen molar-refractivity contribution in [1.29, 1.82) is 0 Å². The molecule has 0 aliphatic carbocycles. The molecular formula is C22H24BrN3O2. The van der Waals surface area contributed by atoms with E-state index in [-0.39, 0.29) is 5.91 Å². The van der Waals surface area contributed by atoms with Gasteiger partial charge in [0.1, 0.15) is 5.75 Å². The van der Waals surface area contributed by atoms with Gasteiger partial charge in [0.15, 0.2) is 6.10 Å². The highest BCUT2D eigenvalue weighted by molar-refractivity contribution is 9.10. The van der Waals surface area contributed by atoms with Crippen molar-refractivity contribution >= 4 is 21.8 Å². The third-order valence-corrected chi connectivity index (χ3v) is 5.22. The third kappa shape index (κ3) is 4.44. The Morgan fingerprint density at radius 1 is 1.14 bits per heavy atom. The van der Waals surface area contributed by atoms with Gasteiger partial charge < -0.3 is 9.64 Å². The Morgan fingerprint density at radius 3 is 2.43 bits per heavy atom. The molecule has 0 saturated carbocycles. The predicted octanol–water partition coefficient (Wildman–Crippen LogP) is 4.68. The Morgan fingerprint density at radius 2 is 1.79 bits per heavy atom. The molecule has 0 bridgehead atoms. The molecule has 3 aromatic rings. The summed E-state index contributed by atoms with van der Waals surface area (Å²) in [6.07, 6.45) is -0.573. The first-order valence-electron chi connectivity index (χ1n) is 9.14. The van der Waals surface area contributed by atoms with Gasteiger partial charge in [0.25, 0.3) is 5.91 Å². The number of carbonyl (C=O) groups is 1. The number of aryl methyl sites for hydroxylation is 1. The number of carbonyl (C=O) groups excluding carboxylic acids is 1. The number of hydrogen-bond acceptors (Lipinski definition) is 3. The second kappa shape index (κ2) is 8.61. The van der Waals surface area contributed by atoms with Crippen LogP contribution in [0.3, 0.4) is 0 Å². The molecule has 5 nitrogen and oxygen atoms in total. The van der Waals surface area contributed by atoms with Crippen LogP contribution < -0.4 is 4.74 Å². The first-order valence-corrected chi connectivity index (χ1v) is 9.94. The Balaban J connectivity index is 1.71. The van der Waals surface area contributed by atoms with Crippen LogP contribution in [0.5, 0.6) is 5.75 Å². The number of para-hydroxylation sites is 1. The minimum Gasteiger partial charge on any atom is -0.481 e. The number of benzene rings is 2. The van der Waals surface area contributed by atoms with E-state index >= 15 is 0 Å². The minimum atomic E-state index is -0.573. The van der Waals surface area contributed by atoms with E-state index in [1.807, 2.05) is 73.1 Å². The molecule has 0 aliphatic heterocycles. The van der Waals surface area contributed by atoms with Gasteiger partial charge in [-0.3, -0.25) is 4.79 Å². The number of hydrogen-bond donors (Lipinski definition) is 0. The lowest BCUT2D eigenvalue weighted by molar-refractivity contribution is -0.137. The Kier molecular flexibility index (Phi) is 6.19. The zero-order chi connectivity index (χ0) is 20.3. The second-order valence-corrected chi connectivity index (χ2v) is 7.72. The van der Waals surface area contributed by atoms with Crippen molar-refractivity contribution in [2.75, 3.05) is 7.05 Å². The van der Waals surface area contributed by atoms with Crippen LogP contribution in [0, 0.1) is 13.8 Å². The smallest absolute Gasteiger partial charge is 0.263 e. The molecule has 3 rings (SSSR count). The van der Waals surface area contributed by atoms with E-state index in [2.05, 4.69) is 21.0 Å². The molecule has 6 heteroatoms. The maximum absolute atomic E-state index is 12.8. The van der Waals surface area contributed by atoms with Gasteiger partial charge in [-0.1, -0.05) is 34.1 Å². The molecule has 1 aromatic heterocycles. The van der Waals surface area contributed by atoms with E-state index in [9.17, 15) is 4.79 Å². The van der Waals surface area contributed by atoms with Crippen LogP contribution in [0.15, 0.2) is 59.1 Å². The fourth-order valence-corrected chi connectivity index (χ4v) is 3.38. The van der Waals surface area contributed by atoms with E-state index in [1.165, 1.54) is 0 Å². The number of amides is 1. The van der Waals surface area contributed by atoms with E-state index in [0.717, 1.165) is 27.1 Å². The van der Waals surface area contributed by atoms with Crippen LogP contribution in [0.4, 0.5) is 0 Å². The summed E-state index contributed by atoms with van der Waals surface area (Å²) in [6.45, 7) is 6.26. The minimum absolute atomic E-state index is 0.0748. The number of halogens is 1. The van der Waals surface area contributed by atoms with Crippen LogP contribution in [0.1, 0.15) is 23.9 Å². The number of nitrogens with zero attached hydrogens (tertiary/aromatic N) is 3. The molecule has 1 amide bonds. The van der Waals surface area contributed by atoms with Gasteiger partial charge >= 0.3 is 0 Å². The van der Waals surface area contributed by atoms with Gasteiger partial charge in [0.05, 0.1) is 11.4 Å². The lowest BCUT2D eigenvalue weighted by atomic mass is 10.1. The largest absolute Gasteiger partial charge is 0.481 e. The van der Waals surface area contributed by atoms with Gasteiger partial charge in [-0.2, -0.15) is 5.10 Å². The molecular weight excluding hydrogens is 418 g/mol. The van der Waals surface area contributed by atoms with Gasteiger partial charge in [0, 0.05) is 29.3 Å². The number of likely N-dealkylation sites (N-methyl/N-ethyl adjacent to an activating group) is 1. The Labute approximate surface area is 174 Å². The van der Waals surface area contributed by atoms with Crippen molar-refractivity contribution in [2.24, 2.45) is 0 Å². The van der Waals surface area contributed by atoms with E-state index < -0.39 is 6.10 Å². The lowest BCUT2D eigenvalue weighted by Gasteiger charge is -2.22. The van der Waals surface area contributed by atoms with Crippen LogP contribution >= 0.6 is 15.9 Å². The first-order chi connectivity index (χ1) is 13.4. The second-order valence-electron chi connectivity index (χ2n) is 6.81. The fourth-order valence-electron chi connectivity index (χ4n) is 3.12. The van der Waals surface area contributed by atoms with Crippen molar-refractivity contribution in [3.8, 4) is 11.4 Å². The summed E-state index contributed by atoms with van der Waals surface area (Å²) in [6, 6.07) is 17.5. The molecule has 0 N–H and O–H groups in total. The summed E-state index contributed by atoms with van der Waals surface area (Å²) in [5.41, 5.74) is 4.01. The fraction of sp³-hybridized carbons (Fsp3) is 0.273. The van der Waals surface area contributed by atoms with E-state index in [4.69, 9.17) is 4.74 Å². The van der Waals surface area contributed by atoms with Gasteiger partial charge in [-0.25, -0.2) is 4.68 Å². The molecule has 28 heavy (non-hydrogen) atoms. The van der Waals surface area contributed by atoms with Crippen LogP contribution in [-0.4, -0.2) is 33.7 Å². The standard InChI is InChI=1S/C22H24BrN3O2/c1-15-21(16(2)26(24-15)19-8-6-5-7-9-19)14-25(4)22(27)17(3)28-20-12-10-18(23)11-13-20/h5-13,17H,14H2,1-4H3. The summed E-state index contributed by atoms with van der Waals surface area (Å²) >= 11 is 3.39.